The maximum atomic E-state index is 13.6. The van der Waals surface area contributed by atoms with E-state index in [2.05, 4.69) is 9.97 Å². The Morgan fingerprint density at radius 2 is 1.91 bits per heavy atom. The quantitative estimate of drug-likeness (QED) is 0.315. The van der Waals surface area contributed by atoms with Crippen LogP contribution < -0.4 is 5.56 Å². The van der Waals surface area contributed by atoms with Crippen LogP contribution in [0.5, 0.6) is 0 Å². The Morgan fingerprint density at radius 3 is 2.62 bits per heavy atom. The molecule has 2 aromatic carbocycles. The van der Waals surface area contributed by atoms with E-state index in [0.29, 0.717) is 17.5 Å². The van der Waals surface area contributed by atoms with Gasteiger partial charge in [-0.25, -0.2) is 13.2 Å². The molecule has 0 bridgehead atoms. The monoisotopic (exact) mass is 481 g/mol. The lowest BCUT2D eigenvalue weighted by Gasteiger charge is -2.22. The third kappa shape index (κ3) is 4.11. The number of carboxylic acid groups (broad SMARTS) is 1. The fraction of sp³-hybridized carbons (Fsp3) is 0.250. The van der Waals surface area contributed by atoms with Gasteiger partial charge in [0.05, 0.1) is 23.7 Å². The van der Waals surface area contributed by atoms with Gasteiger partial charge in [0, 0.05) is 35.1 Å². The van der Waals surface area contributed by atoms with E-state index in [1.807, 2.05) is 30.3 Å². The third-order valence-electron chi connectivity index (χ3n) is 5.97. The summed E-state index contributed by atoms with van der Waals surface area (Å²) >= 11 is 0. The summed E-state index contributed by atoms with van der Waals surface area (Å²) in [5.74, 6) is -1.21. The Hall–Kier alpha value is -3.47. The molecule has 176 valence electrons. The van der Waals surface area contributed by atoms with E-state index < -0.39 is 21.6 Å². The lowest BCUT2D eigenvalue weighted by atomic mass is 10.1. The number of carboxylic acids is 1. The molecule has 3 N–H and O–H groups in total. The molecule has 4 aromatic rings. The highest BCUT2D eigenvalue weighted by atomic mass is 32.2. The van der Waals surface area contributed by atoms with Gasteiger partial charge in [-0.3, -0.25) is 4.79 Å². The van der Waals surface area contributed by atoms with E-state index in [-0.39, 0.29) is 40.6 Å². The minimum atomic E-state index is -3.87. The highest BCUT2D eigenvalue weighted by molar-refractivity contribution is 7.89. The Labute approximate surface area is 195 Å². The van der Waals surface area contributed by atoms with Crippen molar-refractivity contribution >= 4 is 37.8 Å². The normalized spacial score (nSPS) is 14.3. The van der Waals surface area contributed by atoms with E-state index in [4.69, 9.17) is 4.74 Å². The van der Waals surface area contributed by atoms with Crippen LogP contribution in [0, 0.1) is 0 Å². The van der Waals surface area contributed by atoms with Crippen molar-refractivity contribution in [2.24, 2.45) is 0 Å². The fourth-order valence-corrected chi connectivity index (χ4v) is 5.85. The van der Waals surface area contributed by atoms with Gasteiger partial charge in [-0.1, -0.05) is 30.3 Å². The molecule has 34 heavy (non-hydrogen) atoms. The lowest BCUT2D eigenvalue weighted by Crippen LogP contribution is -2.36. The van der Waals surface area contributed by atoms with Crippen molar-refractivity contribution in [1.82, 2.24) is 14.3 Å². The molecule has 0 unspecified atom stereocenters. The van der Waals surface area contributed by atoms with Crippen LogP contribution in [0.4, 0.5) is 0 Å². The first-order valence-corrected chi connectivity index (χ1v) is 12.3. The van der Waals surface area contributed by atoms with E-state index in [0.717, 1.165) is 18.4 Å². The van der Waals surface area contributed by atoms with Gasteiger partial charge in [0.25, 0.3) is 5.56 Å². The molecule has 0 spiro atoms. The molecule has 2 aromatic heterocycles. The van der Waals surface area contributed by atoms with Crippen molar-refractivity contribution in [2.75, 3.05) is 13.2 Å². The maximum Gasteiger partial charge on any atom is 0.337 e. The van der Waals surface area contributed by atoms with E-state index in [9.17, 15) is 23.1 Å². The summed E-state index contributed by atoms with van der Waals surface area (Å²) < 4.78 is 34.3. The maximum absolute atomic E-state index is 13.6. The van der Waals surface area contributed by atoms with Gasteiger partial charge in [0.15, 0.2) is 0 Å². The number of aromatic amines is 2. The first-order valence-electron chi connectivity index (χ1n) is 10.9. The number of pyridine rings is 1. The zero-order valence-corrected chi connectivity index (χ0v) is 19.0. The van der Waals surface area contributed by atoms with Gasteiger partial charge in [0.2, 0.25) is 10.0 Å². The number of nitrogens with zero attached hydrogens (tertiary/aromatic N) is 1. The van der Waals surface area contributed by atoms with Crippen LogP contribution in [-0.4, -0.2) is 53.0 Å². The van der Waals surface area contributed by atoms with Crippen molar-refractivity contribution in [3.63, 3.8) is 0 Å². The van der Waals surface area contributed by atoms with E-state index in [1.54, 1.807) is 0 Å². The molecule has 1 saturated carbocycles. The van der Waals surface area contributed by atoms with Crippen molar-refractivity contribution in [1.29, 1.82) is 0 Å². The summed E-state index contributed by atoms with van der Waals surface area (Å²) in [5, 5.41) is 10.1. The fourth-order valence-electron chi connectivity index (χ4n) is 4.15. The molecular weight excluding hydrogens is 458 g/mol. The molecule has 0 radical (unpaired) electrons. The lowest BCUT2D eigenvalue weighted by molar-refractivity contribution is 0.0699. The highest BCUT2D eigenvalue weighted by Crippen LogP contribution is 2.34. The first kappa shape index (κ1) is 22.3. The van der Waals surface area contributed by atoms with Gasteiger partial charge in [0.1, 0.15) is 5.52 Å². The van der Waals surface area contributed by atoms with Crippen LogP contribution in [0.1, 0.15) is 28.8 Å². The van der Waals surface area contributed by atoms with Crippen molar-refractivity contribution in [3.05, 3.63) is 76.2 Å². The number of rotatable bonds is 9. The summed E-state index contributed by atoms with van der Waals surface area (Å²) in [5.41, 5.74) is 0.905. The van der Waals surface area contributed by atoms with Crippen LogP contribution >= 0.6 is 0 Å². The molecule has 10 heteroatoms. The first-order chi connectivity index (χ1) is 16.4. The number of H-pyrrole nitrogens is 2. The summed E-state index contributed by atoms with van der Waals surface area (Å²) in [6.45, 7) is 0.854. The second-order valence-corrected chi connectivity index (χ2v) is 10.2. The third-order valence-corrected chi connectivity index (χ3v) is 7.92. The summed E-state index contributed by atoms with van der Waals surface area (Å²) in [6.07, 6.45) is 2.80. The Morgan fingerprint density at radius 1 is 1.15 bits per heavy atom. The molecule has 1 aliphatic carbocycles. The average molecular weight is 482 g/mol. The predicted octanol–water partition coefficient (Wildman–Crippen LogP) is 3.08. The van der Waals surface area contributed by atoms with Crippen molar-refractivity contribution in [3.8, 4) is 0 Å². The Kier molecular flexibility index (Phi) is 5.72. The number of aromatic carboxylic acids is 1. The molecule has 0 amide bonds. The molecule has 0 saturated heterocycles. The number of hydrogen-bond donors (Lipinski definition) is 3. The van der Waals surface area contributed by atoms with Gasteiger partial charge in [-0.15, -0.1) is 0 Å². The van der Waals surface area contributed by atoms with Gasteiger partial charge in [-0.05, 0) is 36.6 Å². The number of fused-ring (bicyclic) bond motifs is 3. The van der Waals surface area contributed by atoms with Crippen LogP contribution in [0.2, 0.25) is 0 Å². The van der Waals surface area contributed by atoms with Gasteiger partial charge in [-0.2, -0.15) is 4.31 Å². The second kappa shape index (κ2) is 8.71. The minimum absolute atomic E-state index is 0.0425. The van der Waals surface area contributed by atoms with Crippen molar-refractivity contribution in [2.45, 2.75) is 30.4 Å². The molecular formula is C24H23N3O6S. The zero-order chi connectivity index (χ0) is 23.9. The molecule has 2 heterocycles. The standard InChI is InChI=1S/C24H23N3O6S/c28-23-22-21(19(13-25-22)24(29)30)18-12-17(8-9-20(18)26-23)34(31,32)27(16-6-7-16)10-11-33-14-15-4-2-1-3-5-15/h1-5,8-9,12-13,16,25H,6-7,10-11,14H2,(H,26,28)(H,29,30). The van der Waals surface area contributed by atoms with Crippen LogP contribution in [0.3, 0.4) is 0 Å². The van der Waals surface area contributed by atoms with E-state index >= 15 is 0 Å². The number of hydrogen-bond acceptors (Lipinski definition) is 5. The second-order valence-electron chi connectivity index (χ2n) is 8.30. The number of nitrogens with one attached hydrogen (secondary N) is 2. The zero-order valence-electron chi connectivity index (χ0n) is 18.2. The minimum Gasteiger partial charge on any atom is -0.478 e. The predicted molar refractivity (Wildman–Crippen MR) is 126 cm³/mol. The number of carbonyl (C=O) groups is 1. The number of benzene rings is 2. The molecule has 5 rings (SSSR count). The summed E-state index contributed by atoms with van der Waals surface area (Å²) in [7, 11) is -3.87. The highest BCUT2D eigenvalue weighted by Gasteiger charge is 2.38. The SMILES string of the molecule is O=C(O)c1c[nH]c2c(=O)[nH]c3ccc(S(=O)(=O)N(CCOCc4ccccc4)C4CC4)cc3c12. The Balaban J connectivity index is 1.46. The number of aromatic nitrogens is 2. The molecule has 9 nitrogen and oxygen atoms in total. The topological polar surface area (TPSA) is 133 Å². The van der Waals surface area contributed by atoms with Gasteiger partial charge < -0.3 is 19.8 Å². The molecule has 1 aliphatic rings. The summed E-state index contributed by atoms with van der Waals surface area (Å²) in [6, 6.07) is 13.9. The number of sulfonamides is 1. The molecule has 0 atom stereocenters. The molecule has 0 aliphatic heterocycles. The van der Waals surface area contributed by atoms with Gasteiger partial charge >= 0.3 is 5.97 Å². The van der Waals surface area contributed by atoms with Crippen LogP contribution in [0.25, 0.3) is 21.8 Å². The van der Waals surface area contributed by atoms with Crippen LogP contribution in [-0.2, 0) is 21.4 Å². The van der Waals surface area contributed by atoms with Crippen LogP contribution in [0.15, 0.2) is 64.4 Å². The average Bonchev–Trinajstić information content (AvgIpc) is 3.54. The van der Waals surface area contributed by atoms with Crippen molar-refractivity contribution < 1.29 is 23.1 Å². The Bertz CT molecular complexity index is 1540. The molecule has 1 fully saturated rings. The smallest absolute Gasteiger partial charge is 0.337 e. The summed E-state index contributed by atoms with van der Waals surface area (Å²) in [4.78, 5) is 29.4. The largest absolute Gasteiger partial charge is 0.478 e. The number of ether oxygens (including phenoxy) is 1. The van der Waals surface area contributed by atoms with E-state index in [1.165, 1.54) is 28.7 Å².